The van der Waals surface area contributed by atoms with Crippen LogP contribution in [0.25, 0.3) is 0 Å². The first kappa shape index (κ1) is 14.8. The van der Waals surface area contributed by atoms with E-state index in [1.54, 1.807) is 19.2 Å². The van der Waals surface area contributed by atoms with Gasteiger partial charge in [0.05, 0.1) is 7.11 Å². The topological polar surface area (TPSA) is 89.3 Å². The molecule has 110 valence electrons. The summed E-state index contributed by atoms with van der Waals surface area (Å²) >= 11 is 0. The van der Waals surface area contributed by atoms with E-state index >= 15 is 0 Å². The van der Waals surface area contributed by atoms with Gasteiger partial charge in [-0.1, -0.05) is 12.1 Å². The Balaban J connectivity index is 1.88. The van der Waals surface area contributed by atoms with Crippen molar-refractivity contribution in [1.29, 1.82) is 0 Å². The molecule has 0 aliphatic carbocycles. The first-order valence-electron chi connectivity index (χ1n) is 6.56. The number of hydrazine groups is 1. The molecule has 2 rings (SSSR count). The Morgan fingerprint density at radius 3 is 2.95 bits per heavy atom. The third-order valence-corrected chi connectivity index (χ3v) is 3.00. The Hall–Kier alpha value is -2.60. The first-order valence-corrected chi connectivity index (χ1v) is 6.56. The van der Waals surface area contributed by atoms with Crippen molar-refractivity contribution in [3.05, 3.63) is 53.7 Å². The van der Waals surface area contributed by atoms with Crippen LogP contribution < -0.4 is 21.3 Å². The van der Waals surface area contributed by atoms with Gasteiger partial charge >= 0.3 is 0 Å². The molecule has 0 saturated carbocycles. The summed E-state index contributed by atoms with van der Waals surface area (Å²) in [5, 5.41) is 2.86. The summed E-state index contributed by atoms with van der Waals surface area (Å²) in [6, 6.07) is 11.0. The summed E-state index contributed by atoms with van der Waals surface area (Å²) in [7, 11) is 1.63. The van der Waals surface area contributed by atoms with E-state index in [1.807, 2.05) is 24.3 Å². The minimum Gasteiger partial charge on any atom is -0.497 e. The zero-order valence-corrected chi connectivity index (χ0v) is 11.8. The first-order chi connectivity index (χ1) is 10.2. The second-order valence-corrected chi connectivity index (χ2v) is 4.43. The normalized spacial score (nSPS) is 10.0. The van der Waals surface area contributed by atoms with Crippen LogP contribution >= 0.6 is 0 Å². The lowest BCUT2D eigenvalue weighted by molar-refractivity contribution is 0.0954. The second-order valence-electron chi connectivity index (χ2n) is 4.43. The number of benzene rings is 1. The highest BCUT2D eigenvalue weighted by Gasteiger charge is 2.06. The summed E-state index contributed by atoms with van der Waals surface area (Å²) in [6.07, 6.45) is 2.27. The van der Waals surface area contributed by atoms with Crippen LogP contribution in [0.3, 0.4) is 0 Å². The van der Waals surface area contributed by atoms with Gasteiger partial charge in [-0.15, -0.1) is 0 Å². The number of nitrogens with one attached hydrogen (secondary N) is 2. The molecule has 0 atom stereocenters. The van der Waals surface area contributed by atoms with Gasteiger partial charge < -0.3 is 15.5 Å². The maximum absolute atomic E-state index is 12.0. The third kappa shape index (κ3) is 4.19. The molecule has 21 heavy (non-hydrogen) atoms. The monoisotopic (exact) mass is 286 g/mol. The van der Waals surface area contributed by atoms with Crippen molar-refractivity contribution in [1.82, 2.24) is 10.3 Å². The van der Waals surface area contributed by atoms with Crippen molar-refractivity contribution in [3.8, 4) is 5.75 Å². The number of nitrogens with zero attached hydrogens (tertiary/aromatic N) is 1. The maximum atomic E-state index is 12.0. The molecule has 1 aromatic heterocycles. The fourth-order valence-electron chi connectivity index (χ4n) is 1.90. The van der Waals surface area contributed by atoms with Gasteiger partial charge in [0.15, 0.2) is 0 Å². The number of nitrogen functional groups attached to an aromatic ring is 1. The average Bonchev–Trinajstić information content (AvgIpc) is 2.55. The number of rotatable bonds is 6. The van der Waals surface area contributed by atoms with Gasteiger partial charge in [-0.05, 0) is 36.2 Å². The van der Waals surface area contributed by atoms with E-state index in [0.29, 0.717) is 17.9 Å². The fourth-order valence-corrected chi connectivity index (χ4v) is 1.90. The van der Waals surface area contributed by atoms with E-state index in [-0.39, 0.29) is 5.91 Å². The Morgan fingerprint density at radius 1 is 1.33 bits per heavy atom. The van der Waals surface area contributed by atoms with Crippen molar-refractivity contribution in [2.75, 3.05) is 19.1 Å². The molecule has 6 nitrogen and oxygen atoms in total. The number of ether oxygens (including phenoxy) is 1. The third-order valence-electron chi connectivity index (χ3n) is 3.00. The van der Waals surface area contributed by atoms with Crippen LogP contribution in [0.15, 0.2) is 42.6 Å². The largest absolute Gasteiger partial charge is 0.497 e. The maximum Gasteiger partial charge on any atom is 0.251 e. The van der Waals surface area contributed by atoms with Crippen LogP contribution in [0.5, 0.6) is 5.75 Å². The number of anilines is 1. The van der Waals surface area contributed by atoms with Gasteiger partial charge in [-0.25, -0.2) is 10.8 Å². The number of methoxy groups -OCH3 is 1. The van der Waals surface area contributed by atoms with Gasteiger partial charge in [0, 0.05) is 18.3 Å². The number of amides is 1. The smallest absolute Gasteiger partial charge is 0.251 e. The lowest BCUT2D eigenvalue weighted by Crippen LogP contribution is -2.26. The van der Waals surface area contributed by atoms with Crippen LogP contribution in [-0.4, -0.2) is 24.5 Å². The van der Waals surface area contributed by atoms with Gasteiger partial charge in [0.2, 0.25) is 0 Å². The van der Waals surface area contributed by atoms with Crippen LogP contribution in [0.1, 0.15) is 15.9 Å². The van der Waals surface area contributed by atoms with E-state index in [9.17, 15) is 4.79 Å². The second kappa shape index (κ2) is 7.25. The molecule has 1 aromatic carbocycles. The summed E-state index contributed by atoms with van der Waals surface area (Å²) < 4.78 is 5.16. The molecule has 0 radical (unpaired) electrons. The van der Waals surface area contributed by atoms with Crippen molar-refractivity contribution in [2.24, 2.45) is 5.84 Å². The van der Waals surface area contributed by atoms with Crippen LogP contribution in [0.2, 0.25) is 0 Å². The number of carbonyl (C=O) groups excluding carboxylic acids is 1. The molecule has 0 aliphatic rings. The number of aromatic nitrogens is 1. The fraction of sp³-hybridized carbons (Fsp3) is 0.200. The zero-order valence-electron chi connectivity index (χ0n) is 11.8. The molecule has 0 bridgehead atoms. The lowest BCUT2D eigenvalue weighted by Gasteiger charge is -2.07. The molecule has 0 unspecified atom stereocenters. The summed E-state index contributed by atoms with van der Waals surface area (Å²) in [5.74, 6) is 6.38. The number of pyridine rings is 1. The van der Waals surface area contributed by atoms with Crippen LogP contribution in [0, 0.1) is 0 Å². The van der Waals surface area contributed by atoms with Crippen molar-refractivity contribution < 1.29 is 9.53 Å². The Bertz CT molecular complexity index is 616. The summed E-state index contributed by atoms with van der Waals surface area (Å²) in [4.78, 5) is 16.0. The SMILES string of the molecule is COc1cccc(CCNC(=O)c2ccnc(NN)c2)c1. The van der Waals surface area contributed by atoms with Crippen molar-refractivity contribution in [3.63, 3.8) is 0 Å². The number of hydrogen-bond acceptors (Lipinski definition) is 5. The molecular weight excluding hydrogens is 268 g/mol. The van der Waals surface area contributed by atoms with Crippen molar-refractivity contribution >= 4 is 11.7 Å². The minimum atomic E-state index is -0.156. The van der Waals surface area contributed by atoms with Crippen molar-refractivity contribution in [2.45, 2.75) is 6.42 Å². The van der Waals surface area contributed by atoms with Crippen LogP contribution in [0.4, 0.5) is 5.82 Å². The number of carbonyl (C=O) groups is 1. The molecule has 0 saturated heterocycles. The predicted octanol–water partition coefficient (Wildman–Crippen LogP) is 1.35. The molecule has 0 fully saturated rings. The molecule has 4 N–H and O–H groups in total. The highest BCUT2D eigenvalue weighted by Crippen LogP contribution is 2.12. The molecule has 1 amide bonds. The number of hydrogen-bond donors (Lipinski definition) is 3. The molecule has 1 heterocycles. The van der Waals surface area contributed by atoms with E-state index in [1.165, 1.54) is 6.20 Å². The van der Waals surface area contributed by atoms with Crippen LogP contribution in [-0.2, 0) is 6.42 Å². The van der Waals surface area contributed by atoms with E-state index in [2.05, 4.69) is 15.7 Å². The van der Waals surface area contributed by atoms with Gasteiger partial charge in [-0.3, -0.25) is 4.79 Å². The van der Waals surface area contributed by atoms with E-state index in [0.717, 1.165) is 17.7 Å². The summed E-state index contributed by atoms with van der Waals surface area (Å²) in [5.41, 5.74) is 4.03. The highest BCUT2D eigenvalue weighted by molar-refractivity contribution is 5.94. The Labute approximate surface area is 123 Å². The van der Waals surface area contributed by atoms with Gasteiger partial charge in [0.25, 0.3) is 5.91 Å². The van der Waals surface area contributed by atoms with Gasteiger partial charge in [0.1, 0.15) is 11.6 Å². The Kier molecular flexibility index (Phi) is 5.11. The predicted molar refractivity (Wildman–Crippen MR) is 81.1 cm³/mol. The quantitative estimate of drug-likeness (QED) is 0.551. The molecule has 2 aromatic rings. The molecule has 0 spiro atoms. The molecular formula is C15H18N4O2. The zero-order chi connectivity index (χ0) is 15.1. The Morgan fingerprint density at radius 2 is 2.19 bits per heavy atom. The van der Waals surface area contributed by atoms with E-state index in [4.69, 9.17) is 10.6 Å². The lowest BCUT2D eigenvalue weighted by atomic mass is 10.1. The van der Waals surface area contributed by atoms with Gasteiger partial charge in [-0.2, -0.15) is 0 Å². The minimum absolute atomic E-state index is 0.156. The molecule has 6 heteroatoms. The standard InChI is InChI=1S/C15H18N4O2/c1-21-13-4-2-3-11(9-13)5-7-18-15(20)12-6-8-17-14(10-12)19-16/h2-4,6,8-10H,5,7,16H2,1H3,(H,17,19)(H,18,20). The summed E-state index contributed by atoms with van der Waals surface area (Å²) in [6.45, 7) is 0.541. The molecule has 0 aliphatic heterocycles. The number of nitrogens with two attached hydrogens (primary N) is 1. The average molecular weight is 286 g/mol. The van der Waals surface area contributed by atoms with E-state index < -0.39 is 0 Å². The highest BCUT2D eigenvalue weighted by atomic mass is 16.5.